The number of esters is 1. The lowest BCUT2D eigenvalue weighted by atomic mass is 10.1. The summed E-state index contributed by atoms with van der Waals surface area (Å²) in [5.74, 6) is -0.570. The predicted molar refractivity (Wildman–Crippen MR) is 284 cm³/mol. The van der Waals surface area contributed by atoms with Gasteiger partial charge in [-0.2, -0.15) is 0 Å². The Bertz CT molecular complexity index is 1380. The van der Waals surface area contributed by atoms with Crippen LogP contribution >= 0.6 is 7.82 Å². The SMILES string of the molecule is CC/C=C/C/C=C/C/C=C/CCCCCCCCC(=O)NC(COP(=O)([O-])OCC[N+](C)(C)C)C(/C=C/CCCCCCCCCCC)OC(=O)CCCCCCCCC/C=C/C/C=C/CC. The van der Waals surface area contributed by atoms with Crippen LogP contribution in [0.1, 0.15) is 226 Å². The second-order valence-corrected chi connectivity index (χ2v) is 20.7. The van der Waals surface area contributed by atoms with Crippen LogP contribution in [-0.4, -0.2) is 69.4 Å². The highest BCUT2D eigenvalue weighted by Crippen LogP contribution is 2.38. The van der Waals surface area contributed by atoms with E-state index in [2.05, 4.69) is 86.8 Å². The van der Waals surface area contributed by atoms with Gasteiger partial charge in [-0.15, -0.1) is 0 Å². The van der Waals surface area contributed by atoms with E-state index in [1.165, 1.54) is 64.2 Å². The maximum atomic E-state index is 13.4. The molecule has 67 heavy (non-hydrogen) atoms. The van der Waals surface area contributed by atoms with Crippen LogP contribution in [0, 0.1) is 0 Å². The van der Waals surface area contributed by atoms with E-state index >= 15 is 0 Å². The van der Waals surface area contributed by atoms with E-state index in [9.17, 15) is 19.0 Å². The van der Waals surface area contributed by atoms with Gasteiger partial charge in [-0.05, 0) is 89.5 Å². The van der Waals surface area contributed by atoms with Crippen molar-refractivity contribution in [2.24, 2.45) is 0 Å². The van der Waals surface area contributed by atoms with Gasteiger partial charge >= 0.3 is 5.97 Å². The van der Waals surface area contributed by atoms with E-state index < -0.39 is 26.6 Å². The molecule has 0 saturated carbocycles. The molecule has 3 unspecified atom stereocenters. The first-order valence-corrected chi connectivity index (χ1v) is 28.7. The Morgan fingerprint density at radius 1 is 0.537 bits per heavy atom. The maximum absolute atomic E-state index is 13.4. The van der Waals surface area contributed by atoms with Crippen LogP contribution < -0.4 is 10.2 Å². The van der Waals surface area contributed by atoms with Crippen LogP contribution in [0.3, 0.4) is 0 Å². The molecular weight excluding hydrogens is 856 g/mol. The van der Waals surface area contributed by atoms with Gasteiger partial charge in [0.15, 0.2) is 0 Å². The molecule has 0 aliphatic rings. The minimum atomic E-state index is -4.70. The standard InChI is InChI=1S/C57H103N2O7P/c1-7-10-13-16-19-22-25-27-29-30-31-34-37-40-43-46-49-56(60)58-54(53-65-67(62,63)64-52-51-59(4,5)6)55(48-45-42-39-36-33-24-21-18-15-12-9-3)66-57(61)50-47-44-41-38-35-32-28-26-23-20-17-14-11-8-2/h10-11,13-14,19-20,22-23,27,29,45,48,54-55H,7-9,12,15-18,21,24-26,28,30-44,46-47,49-53H2,1-6H3,(H-,58,60,62,63)/b13-10+,14-11+,22-19+,23-20+,29-27+,48-45+. The van der Waals surface area contributed by atoms with Crippen LogP contribution in [0.25, 0.3) is 0 Å². The molecule has 0 aromatic carbocycles. The number of likely N-dealkylation sites (N-methyl/N-ethyl adjacent to an activating group) is 1. The summed E-state index contributed by atoms with van der Waals surface area (Å²) >= 11 is 0. The number of nitrogens with zero attached hydrogens (tertiary/aromatic N) is 1. The molecule has 0 bridgehead atoms. The Hall–Kier alpha value is -2.55. The van der Waals surface area contributed by atoms with Gasteiger partial charge in [-0.1, -0.05) is 197 Å². The van der Waals surface area contributed by atoms with Crippen molar-refractivity contribution in [2.45, 2.75) is 238 Å². The average molecular weight is 959 g/mol. The molecule has 0 saturated heterocycles. The zero-order valence-corrected chi connectivity index (χ0v) is 45.0. The second kappa shape index (κ2) is 47.1. The van der Waals surface area contributed by atoms with Gasteiger partial charge in [0.05, 0.1) is 33.8 Å². The van der Waals surface area contributed by atoms with Gasteiger partial charge in [0.25, 0.3) is 7.82 Å². The fourth-order valence-corrected chi connectivity index (χ4v) is 8.18. The zero-order valence-electron chi connectivity index (χ0n) is 44.1. The molecule has 3 atom stereocenters. The molecule has 0 aliphatic heterocycles. The summed E-state index contributed by atoms with van der Waals surface area (Å²) in [6.07, 6.45) is 58.6. The third kappa shape index (κ3) is 48.3. The van der Waals surface area contributed by atoms with Gasteiger partial charge in [0, 0.05) is 12.8 Å². The summed E-state index contributed by atoms with van der Waals surface area (Å²) < 4.78 is 30.1. The molecular formula is C57H103N2O7P. The number of ether oxygens (including phenoxy) is 1. The maximum Gasteiger partial charge on any atom is 0.306 e. The van der Waals surface area contributed by atoms with E-state index in [1.807, 2.05) is 33.3 Å². The van der Waals surface area contributed by atoms with E-state index in [1.54, 1.807) is 0 Å². The molecule has 0 aromatic heterocycles. The van der Waals surface area contributed by atoms with Crippen LogP contribution in [0.15, 0.2) is 72.9 Å². The molecule has 9 nitrogen and oxygen atoms in total. The number of phosphoric ester groups is 1. The first-order chi connectivity index (χ1) is 32.4. The summed E-state index contributed by atoms with van der Waals surface area (Å²) in [6.45, 7) is 6.59. The van der Waals surface area contributed by atoms with Gasteiger partial charge in [0.1, 0.15) is 19.3 Å². The van der Waals surface area contributed by atoms with Crippen molar-refractivity contribution in [2.75, 3.05) is 40.9 Å². The number of phosphoric acid groups is 1. The number of unbranched alkanes of at least 4 members (excludes halogenated alkanes) is 22. The number of nitrogens with one attached hydrogen (secondary N) is 1. The fraction of sp³-hybridized carbons (Fsp3) is 0.754. The Labute approximate surface area is 413 Å². The normalized spacial score (nSPS) is 14.4. The molecule has 0 aliphatic carbocycles. The lowest BCUT2D eigenvalue weighted by molar-refractivity contribution is -0.870. The highest BCUT2D eigenvalue weighted by Gasteiger charge is 2.27. The van der Waals surface area contributed by atoms with Crippen molar-refractivity contribution in [3.8, 4) is 0 Å². The Morgan fingerprint density at radius 2 is 0.955 bits per heavy atom. The topological polar surface area (TPSA) is 114 Å². The first-order valence-electron chi connectivity index (χ1n) is 27.2. The molecule has 0 aromatic rings. The highest BCUT2D eigenvalue weighted by atomic mass is 31.2. The van der Waals surface area contributed by atoms with Crippen molar-refractivity contribution >= 4 is 19.7 Å². The van der Waals surface area contributed by atoms with E-state index in [-0.39, 0.29) is 24.9 Å². The number of amides is 1. The van der Waals surface area contributed by atoms with Crippen molar-refractivity contribution in [1.29, 1.82) is 0 Å². The molecule has 0 heterocycles. The molecule has 388 valence electrons. The van der Waals surface area contributed by atoms with E-state index in [0.717, 1.165) is 128 Å². The number of carbonyl (C=O) groups is 2. The zero-order chi connectivity index (χ0) is 49.4. The van der Waals surface area contributed by atoms with Crippen LogP contribution in [0.5, 0.6) is 0 Å². The third-order valence-electron chi connectivity index (χ3n) is 11.6. The average Bonchev–Trinajstić information content (AvgIpc) is 3.28. The molecule has 0 fully saturated rings. The number of allylic oxidation sites excluding steroid dienone is 11. The number of hydrogen-bond acceptors (Lipinski definition) is 7. The van der Waals surface area contributed by atoms with Gasteiger partial charge < -0.3 is 28.5 Å². The Morgan fingerprint density at radius 3 is 1.43 bits per heavy atom. The van der Waals surface area contributed by atoms with Crippen molar-refractivity contribution in [3.05, 3.63) is 72.9 Å². The van der Waals surface area contributed by atoms with Gasteiger partial charge in [-0.25, -0.2) is 0 Å². The third-order valence-corrected chi connectivity index (χ3v) is 12.6. The molecule has 1 amide bonds. The lowest BCUT2D eigenvalue weighted by Gasteiger charge is -2.30. The largest absolute Gasteiger partial charge is 0.756 e. The van der Waals surface area contributed by atoms with Gasteiger partial charge in [-0.3, -0.25) is 14.2 Å². The van der Waals surface area contributed by atoms with E-state index in [0.29, 0.717) is 17.4 Å². The summed E-state index contributed by atoms with van der Waals surface area (Å²) in [5, 5.41) is 3.00. The summed E-state index contributed by atoms with van der Waals surface area (Å²) in [4.78, 5) is 39.7. The monoisotopic (exact) mass is 959 g/mol. The number of carbonyl (C=O) groups excluding carboxylic acids is 2. The predicted octanol–water partition coefficient (Wildman–Crippen LogP) is 15.5. The number of quaternary nitrogens is 1. The quantitative estimate of drug-likeness (QED) is 0.0212. The molecule has 0 rings (SSSR count). The highest BCUT2D eigenvalue weighted by molar-refractivity contribution is 7.45. The first kappa shape index (κ1) is 64.5. The van der Waals surface area contributed by atoms with Crippen LogP contribution in [-0.2, 0) is 27.9 Å². The Kier molecular flexibility index (Phi) is 45.3. The molecule has 1 N–H and O–H groups in total. The second-order valence-electron chi connectivity index (χ2n) is 19.3. The van der Waals surface area contributed by atoms with E-state index in [4.69, 9.17) is 13.8 Å². The van der Waals surface area contributed by atoms with Crippen molar-refractivity contribution in [3.63, 3.8) is 0 Å². The minimum absolute atomic E-state index is 0.0291. The molecule has 0 radical (unpaired) electrons. The Balaban J connectivity index is 5.39. The molecule has 0 spiro atoms. The van der Waals surface area contributed by atoms with Crippen LogP contribution in [0.2, 0.25) is 0 Å². The van der Waals surface area contributed by atoms with Crippen molar-refractivity contribution in [1.82, 2.24) is 5.32 Å². The summed E-state index contributed by atoms with van der Waals surface area (Å²) in [7, 11) is 1.16. The summed E-state index contributed by atoms with van der Waals surface area (Å²) in [6, 6.07) is -0.899. The fourth-order valence-electron chi connectivity index (χ4n) is 7.45. The minimum Gasteiger partial charge on any atom is -0.756 e. The smallest absolute Gasteiger partial charge is 0.306 e. The van der Waals surface area contributed by atoms with Crippen LogP contribution in [0.4, 0.5) is 0 Å². The number of rotatable bonds is 48. The molecule has 10 heteroatoms. The van der Waals surface area contributed by atoms with Gasteiger partial charge in [0.2, 0.25) is 5.91 Å². The van der Waals surface area contributed by atoms with Crippen molar-refractivity contribution < 1.29 is 37.3 Å². The lowest BCUT2D eigenvalue weighted by Crippen LogP contribution is -2.47. The summed E-state index contributed by atoms with van der Waals surface area (Å²) in [5.41, 5.74) is 0. The number of hydrogen-bond donors (Lipinski definition) is 1.